The van der Waals surface area contributed by atoms with Crippen molar-refractivity contribution in [2.75, 3.05) is 49.2 Å². The molecule has 3 aromatic heterocycles. The van der Waals surface area contributed by atoms with Gasteiger partial charge in [-0.3, -0.25) is 0 Å². The number of pyridine rings is 1. The number of hydrogen-bond donors (Lipinski definition) is 0. The van der Waals surface area contributed by atoms with Gasteiger partial charge in [-0.1, -0.05) is 0 Å². The Kier molecular flexibility index (Phi) is 4.55. The van der Waals surface area contributed by atoms with Gasteiger partial charge in [0, 0.05) is 44.0 Å². The molecular formula is C22H24F3N7O. The van der Waals surface area contributed by atoms with E-state index in [9.17, 15) is 13.2 Å². The summed E-state index contributed by atoms with van der Waals surface area (Å²) in [6.07, 6.45) is 0.621. The van der Waals surface area contributed by atoms with Crippen molar-refractivity contribution in [2.45, 2.75) is 32.0 Å². The van der Waals surface area contributed by atoms with Crippen LogP contribution in [0.1, 0.15) is 30.1 Å². The van der Waals surface area contributed by atoms with Crippen molar-refractivity contribution < 1.29 is 17.9 Å². The third-order valence-electron chi connectivity index (χ3n) is 7.14. The molecule has 11 heteroatoms. The van der Waals surface area contributed by atoms with E-state index in [1.165, 1.54) is 6.20 Å². The van der Waals surface area contributed by atoms with Crippen molar-refractivity contribution in [3.05, 3.63) is 35.8 Å². The first-order valence-electron chi connectivity index (χ1n) is 11.1. The second-order valence-electron chi connectivity index (χ2n) is 9.37. The SMILES string of the molecule is Cc1nn(C2COC2)c2nc(N3CCC4(CC3)CN(c3cc(C(F)(F)F)ccn3)C4)ncc12. The van der Waals surface area contributed by atoms with Gasteiger partial charge in [0.25, 0.3) is 0 Å². The third kappa shape index (κ3) is 3.49. The molecule has 8 nitrogen and oxygen atoms in total. The Morgan fingerprint density at radius 1 is 1.09 bits per heavy atom. The van der Waals surface area contributed by atoms with Gasteiger partial charge in [-0.25, -0.2) is 14.6 Å². The molecule has 6 rings (SSSR count). The summed E-state index contributed by atoms with van der Waals surface area (Å²) in [5.41, 5.74) is 1.21. The highest BCUT2D eigenvalue weighted by Gasteiger charge is 2.46. The average Bonchev–Trinajstić information content (AvgIpc) is 3.06. The summed E-state index contributed by atoms with van der Waals surface area (Å²) in [7, 11) is 0. The number of anilines is 2. The van der Waals surface area contributed by atoms with E-state index >= 15 is 0 Å². The van der Waals surface area contributed by atoms with Crippen LogP contribution in [0.25, 0.3) is 11.0 Å². The molecule has 3 aromatic rings. The zero-order valence-corrected chi connectivity index (χ0v) is 18.2. The van der Waals surface area contributed by atoms with E-state index in [2.05, 4.69) is 20.0 Å². The number of hydrogen-bond acceptors (Lipinski definition) is 7. The fourth-order valence-corrected chi connectivity index (χ4v) is 5.02. The van der Waals surface area contributed by atoms with Gasteiger partial charge >= 0.3 is 6.18 Å². The summed E-state index contributed by atoms with van der Waals surface area (Å²) in [5.74, 6) is 1.10. The number of aromatic nitrogens is 5. The molecule has 0 saturated carbocycles. The zero-order valence-electron chi connectivity index (χ0n) is 18.2. The lowest BCUT2D eigenvalue weighted by atomic mass is 9.72. The first-order valence-corrected chi connectivity index (χ1v) is 11.1. The van der Waals surface area contributed by atoms with Crippen molar-refractivity contribution in [3.63, 3.8) is 0 Å². The number of aryl methyl sites for hydroxylation is 1. The van der Waals surface area contributed by atoms with E-state index in [0.29, 0.717) is 25.0 Å². The van der Waals surface area contributed by atoms with Crippen LogP contribution in [0.2, 0.25) is 0 Å². The van der Waals surface area contributed by atoms with Crippen LogP contribution >= 0.6 is 0 Å². The molecule has 3 saturated heterocycles. The van der Waals surface area contributed by atoms with Gasteiger partial charge in [0.1, 0.15) is 11.9 Å². The molecule has 0 bridgehead atoms. The Hall–Kier alpha value is -2.95. The zero-order chi connectivity index (χ0) is 22.8. The summed E-state index contributed by atoms with van der Waals surface area (Å²) >= 11 is 0. The summed E-state index contributed by atoms with van der Waals surface area (Å²) < 4.78 is 46.3. The second kappa shape index (κ2) is 7.28. The number of rotatable bonds is 3. The first kappa shape index (κ1) is 20.6. The number of piperidine rings is 1. The standard InChI is InChI=1S/C22H24F3N7O/c1-14-17-9-27-20(28-19(17)32(29-14)16-10-33-11-16)30-6-3-21(4-7-30)12-31(13-21)18-8-15(2-5-26-18)22(23,24)25/h2,5,8-9,16H,3-4,6-7,10-13H2,1H3. The fourth-order valence-electron chi connectivity index (χ4n) is 5.02. The molecule has 0 atom stereocenters. The van der Waals surface area contributed by atoms with Gasteiger partial charge in [-0.15, -0.1) is 0 Å². The third-order valence-corrected chi connectivity index (χ3v) is 7.14. The monoisotopic (exact) mass is 459 g/mol. The molecule has 0 amide bonds. The summed E-state index contributed by atoms with van der Waals surface area (Å²) in [6.45, 7) is 6.35. The first-order chi connectivity index (χ1) is 15.8. The molecule has 33 heavy (non-hydrogen) atoms. The molecule has 0 N–H and O–H groups in total. The fraction of sp³-hybridized carbons (Fsp3) is 0.545. The van der Waals surface area contributed by atoms with E-state index in [1.807, 2.05) is 22.7 Å². The van der Waals surface area contributed by atoms with E-state index < -0.39 is 11.7 Å². The number of nitrogens with zero attached hydrogens (tertiary/aromatic N) is 7. The molecule has 0 aromatic carbocycles. The molecular weight excluding hydrogens is 435 g/mol. The van der Waals surface area contributed by atoms with E-state index in [4.69, 9.17) is 9.72 Å². The van der Waals surface area contributed by atoms with Crippen LogP contribution in [0, 0.1) is 12.3 Å². The normalized spacial score (nSPS) is 20.8. The van der Waals surface area contributed by atoms with Crippen molar-refractivity contribution >= 4 is 22.8 Å². The number of alkyl halides is 3. The molecule has 3 fully saturated rings. The Morgan fingerprint density at radius 2 is 1.85 bits per heavy atom. The van der Waals surface area contributed by atoms with Gasteiger partial charge < -0.3 is 14.5 Å². The maximum atomic E-state index is 13.0. The lowest BCUT2D eigenvalue weighted by Crippen LogP contribution is -2.61. The van der Waals surface area contributed by atoms with Gasteiger partial charge in [0.2, 0.25) is 5.95 Å². The van der Waals surface area contributed by atoms with Crippen LogP contribution in [0.15, 0.2) is 24.5 Å². The Bertz CT molecular complexity index is 1190. The van der Waals surface area contributed by atoms with Crippen LogP contribution in [0.5, 0.6) is 0 Å². The van der Waals surface area contributed by atoms with Crippen molar-refractivity contribution in [3.8, 4) is 0 Å². The van der Waals surface area contributed by atoms with Crippen LogP contribution < -0.4 is 9.80 Å². The topological polar surface area (TPSA) is 72.2 Å². The molecule has 0 unspecified atom stereocenters. The number of ether oxygens (including phenoxy) is 1. The average molecular weight is 459 g/mol. The van der Waals surface area contributed by atoms with E-state index in [1.54, 1.807) is 0 Å². The smallest absolute Gasteiger partial charge is 0.377 e. The molecule has 1 spiro atoms. The van der Waals surface area contributed by atoms with Gasteiger partial charge in [-0.05, 0) is 31.9 Å². The number of halogens is 3. The molecule has 3 aliphatic heterocycles. The minimum absolute atomic E-state index is 0.109. The summed E-state index contributed by atoms with van der Waals surface area (Å²) in [6, 6.07) is 2.38. The van der Waals surface area contributed by atoms with Crippen LogP contribution in [0.4, 0.5) is 24.9 Å². The summed E-state index contributed by atoms with van der Waals surface area (Å²) in [5, 5.41) is 5.60. The van der Waals surface area contributed by atoms with Crippen molar-refractivity contribution in [2.24, 2.45) is 5.41 Å². The molecule has 0 aliphatic carbocycles. The quantitative estimate of drug-likeness (QED) is 0.596. The highest BCUT2D eigenvalue weighted by molar-refractivity contribution is 5.78. The molecule has 174 valence electrons. The highest BCUT2D eigenvalue weighted by Crippen LogP contribution is 2.43. The Morgan fingerprint density at radius 3 is 2.52 bits per heavy atom. The minimum Gasteiger partial charge on any atom is -0.377 e. The predicted molar refractivity (Wildman–Crippen MR) is 115 cm³/mol. The second-order valence-corrected chi connectivity index (χ2v) is 9.37. The van der Waals surface area contributed by atoms with Crippen LogP contribution in [-0.2, 0) is 10.9 Å². The maximum Gasteiger partial charge on any atom is 0.416 e. The van der Waals surface area contributed by atoms with Crippen molar-refractivity contribution in [1.29, 1.82) is 0 Å². The number of fused-ring (bicyclic) bond motifs is 1. The summed E-state index contributed by atoms with van der Waals surface area (Å²) in [4.78, 5) is 17.7. The largest absolute Gasteiger partial charge is 0.416 e. The Balaban J connectivity index is 1.13. The maximum absolute atomic E-state index is 13.0. The van der Waals surface area contributed by atoms with E-state index in [-0.39, 0.29) is 11.5 Å². The minimum atomic E-state index is -4.35. The van der Waals surface area contributed by atoms with Crippen molar-refractivity contribution in [1.82, 2.24) is 24.7 Å². The van der Waals surface area contributed by atoms with Crippen LogP contribution in [0.3, 0.4) is 0 Å². The predicted octanol–water partition coefficient (Wildman–Crippen LogP) is 3.23. The lowest BCUT2D eigenvalue weighted by Gasteiger charge is -2.54. The van der Waals surface area contributed by atoms with Gasteiger partial charge in [0.05, 0.1) is 29.9 Å². The Labute approximate surface area is 188 Å². The highest BCUT2D eigenvalue weighted by atomic mass is 19.4. The van der Waals surface area contributed by atoms with Crippen LogP contribution in [-0.4, -0.2) is 64.1 Å². The van der Waals surface area contributed by atoms with Gasteiger partial charge in [0.15, 0.2) is 5.65 Å². The van der Waals surface area contributed by atoms with Gasteiger partial charge in [-0.2, -0.15) is 23.3 Å². The lowest BCUT2D eigenvalue weighted by molar-refractivity contribution is -0.137. The molecule has 0 radical (unpaired) electrons. The molecule has 3 aliphatic rings. The van der Waals surface area contributed by atoms with E-state index in [0.717, 1.165) is 67.9 Å². The molecule has 6 heterocycles.